The van der Waals surface area contributed by atoms with E-state index in [-0.39, 0.29) is 12.4 Å². The Kier molecular flexibility index (Phi) is 5.24. The lowest BCUT2D eigenvalue weighted by Crippen LogP contribution is -2.28. The molecule has 1 heterocycles. The van der Waals surface area contributed by atoms with Crippen LogP contribution in [0.3, 0.4) is 0 Å². The summed E-state index contributed by atoms with van der Waals surface area (Å²) < 4.78 is 0. The summed E-state index contributed by atoms with van der Waals surface area (Å²) in [6.07, 6.45) is 3.86. The van der Waals surface area contributed by atoms with Gasteiger partial charge in [0.2, 0.25) is 0 Å². The summed E-state index contributed by atoms with van der Waals surface area (Å²) in [5.41, 5.74) is 5.18. The highest BCUT2D eigenvalue weighted by Gasteiger charge is 2.07. The summed E-state index contributed by atoms with van der Waals surface area (Å²) >= 11 is 0. The van der Waals surface area contributed by atoms with Gasteiger partial charge in [0.25, 0.3) is 0 Å². The van der Waals surface area contributed by atoms with E-state index in [2.05, 4.69) is 4.99 Å². The molecule has 62 valence electrons. The topological polar surface area (TPSA) is 75.7 Å². The molecule has 0 saturated heterocycles. The number of aliphatic imine (C=N–C) groups is 1. The minimum absolute atomic E-state index is 0.132. The smallest absolute Gasteiger partial charge is 0.194 e. The number of nitrogens with zero attached hydrogens (tertiary/aromatic N) is 1. The van der Waals surface area contributed by atoms with E-state index in [0.29, 0.717) is 0 Å². The quantitative estimate of drug-likeness (QED) is 0.495. The van der Waals surface area contributed by atoms with Crippen molar-refractivity contribution in [1.29, 1.82) is 0 Å². The maximum absolute atomic E-state index is 10.5. The number of aliphatic hydroxyl groups is 1. The molecular weight excluding hydrogens is 144 g/mol. The third-order valence-corrected chi connectivity index (χ3v) is 0.885. The third-order valence-electron chi connectivity index (χ3n) is 0.885. The monoisotopic (exact) mass is 156 g/mol. The molecular formula is C7H12N2O2. The highest BCUT2D eigenvalue weighted by molar-refractivity contribution is 6.00. The Morgan fingerprint density at radius 3 is 2.64 bits per heavy atom. The molecule has 0 saturated carbocycles. The zero-order chi connectivity index (χ0) is 8.69. The van der Waals surface area contributed by atoms with E-state index in [1.165, 1.54) is 12.3 Å². The molecule has 11 heavy (non-hydrogen) atoms. The van der Waals surface area contributed by atoms with Gasteiger partial charge in [-0.3, -0.25) is 9.79 Å². The van der Waals surface area contributed by atoms with E-state index >= 15 is 0 Å². The van der Waals surface area contributed by atoms with Crippen LogP contribution in [0.5, 0.6) is 0 Å². The van der Waals surface area contributed by atoms with Gasteiger partial charge in [-0.05, 0) is 19.1 Å². The van der Waals surface area contributed by atoms with Gasteiger partial charge in [0.1, 0.15) is 0 Å². The van der Waals surface area contributed by atoms with Gasteiger partial charge in [0.05, 0.1) is 0 Å². The maximum Gasteiger partial charge on any atom is 0.194 e. The number of hydrogen-bond donors (Lipinski definition) is 2. The van der Waals surface area contributed by atoms with Gasteiger partial charge in [-0.1, -0.05) is 0 Å². The van der Waals surface area contributed by atoms with Gasteiger partial charge in [0.15, 0.2) is 11.9 Å². The van der Waals surface area contributed by atoms with Crippen LogP contribution in [0.4, 0.5) is 0 Å². The van der Waals surface area contributed by atoms with Crippen LogP contribution in [0, 0.1) is 0 Å². The van der Waals surface area contributed by atoms with Crippen molar-refractivity contribution < 1.29 is 9.90 Å². The average molecular weight is 156 g/mol. The molecule has 0 aromatic heterocycles. The summed E-state index contributed by atoms with van der Waals surface area (Å²) in [5, 5.41) is 7.57. The standard InChI is InChI=1S/C5H6N2O.C2H6O/c6-5-4(8)2-1-3-7-5;1-2-3/h1-3,5H,6H2;3H,2H2,1H3. The van der Waals surface area contributed by atoms with Crippen LogP contribution in [0.15, 0.2) is 17.1 Å². The molecule has 0 bridgehead atoms. The van der Waals surface area contributed by atoms with Crippen molar-refractivity contribution in [1.82, 2.24) is 0 Å². The van der Waals surface area contributed by atoms with Crippen LogP contribution >= 0.6 is 0 Å². The number of aliphatic hydroxyl groups excluding tert-OH is 1. The maximum atomic E-state index is 10.5. The van der Waals surface area contributed by atoms with E-state index < -0.39 is 6.17 Å². The Balaban J connectivity index is 0.000000292. The van der Waals surface area contributed by atoms with Crippen molar-refractivity contribution in [3.05, 3.63) is 12.2 Å². The predicted molar refractivity (Wildman–Crippen MR) is 43.4 cm³/mol. The molecule has 0 spiro atoms. The molecule has 4 heteroatoms. The molecule has 1 unspecified atom stereocenters. The first-order chi connectivity index (χ1) is 5.22. The van der Waals surface area contributed by atoms with E-state index in [9.17, 15) is 4.79 Å². The van der Waals surface area contributed by atoms with Crippen LogP contribution in [-0.2, 0) is 4.79 Å². The van der Waals surface area contributed by atoms with Gasteiger partial charge in [0, 0.05) is 12.8 Å². The Morgan fingerprint density at radius 2 is 2.36 bits per heavy atom. The summed E-state index contributed by atoms with van der Waals surface area (Å²) in [5.74, 6) is -0.132. The fraction of sp³-hybridized carbons (Fsp3) is 0.429. The molecule has 4 nitrogen and oxygen atoms in total. The van der Waals surface area contributed by atoms with Crippen molar-refractivity contribution in [3.8, 4) is 0 Å². The van der Waals surface area contributed by atoms with Crippen LogP contribution in [0.2, 0.25) is 0 Å². The lowest BCUT2D eigenvalue weighted by Gasteiger charge is -2.01. The molecule has 3 N–H and O–H groups in total. The van der Waals surface area contributed by atoms with Gasteiger partial charge >= 0.3 is 0 Å². The Labute approximate surface area is 65.4 Å². The third kappa shape index (κ3) is 4.41. The minimum atomic E-state index is -0.653. The summed E-state index contributed by atoms with van der Waals surface area (Å²) in [7, 11) is 0. The second-order valence-corrected chi connectivity index (χ2v) is 1.82. The number of allylic oxidation sites excluding steroid dienone is 1. The van der Waals surface area contributed by atoms with Crippen LogP contribution in [-0.4, -0.2) is 29.9 Å². The lowest BCUT2D eigenvalue weighted by molar-refractivity contribution is -0.115. The molecule has 1 rings (SSSR count). The molecule has 1 aliphatic rings. The molecule has 1 atom stereocenters. The summed E-state index contributed by atoms with van der Waals surface area (Å²) in [6, 6.07) is 0. The largest absolute Gasteiger partial charge is 0.397 e. The number of carbonyl (C=O) groups excluding carboxylic acids is 1. The second kappa shape index (κ2) is 5.76. The number of dihydropyridines is 1. The first-order valence-corrected chi connectivity index (χ1v) is 3.32. The molecule has 0 aromatic carbocycles. The zero-order valence-electron chi connectivity index (χ0n) is 6.40. The molecule has 0 fully saturated rings. The SMILES string of the molecule is CCO.NC1N=CC=CC1=O. The highest BCUT2D eigenvalue weighted by Crippen LogP contribution is 1.90. The van der Waals surface area contributed by atoms with Gasteiger partial charge < -0.3 is 10.8 Å². The van der Waals surface area contributed by atoms with Crippen molar-refractivity contribution in [2.24, 2.45) is 10.7 Å². The second-order valence-electron chi connectivity index (χ2n) is 1.82. The highest BCUT2D eigenvalue weighted by atomic mass is 16.2. The van der Waals surface area contributed by atoms with Gasteiger partial charge in [-0.2, -0.15) is 0 Å². The number of ketones is 1. The van der Waals surface area contributed by atoms with Crippen molar-refractivity contribution in [2.75, 3.05) is 6.61 Å². The van der Waals surface area contributed by atoms with E-state index in [0.717, 1.165) is 0 Å². The fourth-order valence-electron chi connectivity index (χ4n) is 0.452. The molecule has 1 aliphatic heterocycles. The number of carbonyl (C=O) groups is 1. The van der Waals surface area contributed by atoms with Gasteiger partial charge in [-0.15, -0.1) is 0 Å². The normalized spacial score (nSPS) is 21.0. The van der Waals surface area contributed by atoms with Crippen LogP contribution in [0.25, 0.3) is 0 Å². The first-order valence-electron chi connectivity index (χ1n) is 3.32. The number of hydrogen-bond acceptors (Lipinski definition) is 4. The van der Waals surface area contributed by atoms with Crippen molar-refractivity contribution in [2.45, 2.75) is 13.1 Å². The fourth-order valence-corrected chi connectivity index (χ4v) is 0.452. The van der Waals surface area contributed by atoms with Crippen LogP contribution in [0.1, 0.15) is 6.92 Å². The average Bonchev–Trinajstić information content (AvgIpc) is 1.97. The Hall–Kier alpha value is -1.00. The van der Waals surface area contributed by atoms with Gasteiger partial charge in [-0.25, -0.2) is 0 Å². The zero-order valence-corrected chi connectivity index (χ0v) is 6.40. The van der Waals surface area contributed by atoms with E-state index in [1.54, 1.807) is 13.0 Å². The molecule has 0 aliphatic carbocycles. The number of nitrogens with two attached hydrogens (primary N) is 1. The first kappa shape index (κ1) is 10.0. The predicted octanol–water partition coefficient (Wildman–Crippen LogP) is -0.521. The Bertz CT molecular complexity index is 175. The molecule has 0 amide bonds. The lowest BCUT2D eigenvalue weighted by atomic mass is 10.2. The molecule has 0 radical (unpaired) electrons. The van der Waals surface area contributed by atoms with E-state index in [4.69, 9.17) is 10.8 Å². The summed E-state index contributed by atoms with van der Waals surface area (Å²) in [6.45, 7) is 1.93. The summed E-state index contributed by atoms with van der Waals surface area (Å²) in [4.78, 5) is 14.1. The minimum Gasteiger partial charge on any atom is -0.397 e. The Morgan fingerprint density at radius 1 is 1.82 bits per heavy atom. The van der Waals surface area contributed by atoms with Crippen LogP contribution < -0.4 is 5.73 Å². The molecule has 0 aromatic rings. The number of rotatable bonds is 0. The van der Waals surface area contributed by atoms with Crippen molar-refractivity contribution in [3.63, 3.8) is 0 Å². The van der Waals surface area contributed by atoms with E-state index in [1.807, 2.05) is 0 Å². The van der Waals surface area contributed by atoms with Crippen molar-refractivity contribution >= 4 is 12.0 Å².